The van der Waals surface area contributed by atoms with Crippen LogP contribution in [-0.4, -0.2) is 117 Å². The number of halogens is 2. The lowest BCUT2D eigenvalue weighted by atomic mass is 9.85. The predicted molar refractivity (Wildman–Crippen MR) is 284 cm³/mol. The number of fused-ring (bicyclic) bond motifs is 1. The summed E-state index contributed by atoms with van der Waals surface area (Å²) in [6.07, 6.45) is 3.29. The summed E-state index contributed by atoms with van der Waals surface area (Å²) in [5.41, 5.74) is 9.16. The van der Waals surface area contributed by atoms with Gasteiger partial charge in [-0.2, -0.15) is 5.26 Å². The Morgan fingerprint density at radius 3 is 1.83 bits per heavy atom. The second-order valence-corrected chi connectivity index (χ2v) is 22.0. The summed E-state index contributed by atoms with van der Waals surface area (Å²) < 4.78 is 8.30. The van der Waals surface area contributed by atoms with E-state index in [0.29, 0.717) is 31.7 Å². The predicted octanol–water partition coefficient (Wildman–Crippen LogP) is 8.63. The topological polar surface area (TPSA) is 213 Å². The minimum absolute atomic E-state index is 0. The number of benzene rings is 2. The van der Waals surface area contributed by atoms with Gasteiger partial charge in [-0.15, -0.1) is 12.4 Å². The molecular formula is C55H78BrClN6O9. The molecule has 1 saturated carbocycles. The van der Waals surface area contributed by atoms with Gasteiger partial charge in [-0.1, -0.05) is 101 Å². The van der Waals surface area contributed by atoms with Gasteiger partial charge in [0.05, 0.1) is 24.2 Å². The number of ether oxygens (including phenoxy) is 1. The molecule has 3 N–H and O–H groups in total. The smallest absolute Gasteiger partial charge is 0.345 e. The molecule has 2 aromatic carbocycles. The highest BCUT2D eigenvalue weighted by Crippen LogP contribution is 2.34. The van der Waals surface area contributed by atoms with Gasteiger partial charge in [0.1, 0.15) is 6.04 Å². The number of carbonyl (C=O) groups is 7. The maximum absolute atomic E-state index is 15.2. The molecule has 0 radical (unpaired) electrons. The fourth-order valence-electron chi connectivity index (χ4n) is 9.44. The maximum Gasteiger partial charge on any atom is 0.345 e. The van der Waals surface area contributed by atoms with Gasteiger partial charge < -0.3 is 34.8 Å². The van der Waals surface area contributed by atoms with Crippen LogP contribution in [0.5, 0.6) is 0 Å². The average molecular weight is 1080 g/mol. The van der Waals surface area contributed by atoms with Crippen molar-refractivity contribution in [3.8, 4) is 6.07 Å². The number of Topliss-reactive ketones (excluding diaryl/α,β-unsaturated/α-hetero) is 2. The Balaban J connectivity index is 0.0000137. The van der Waals surface area contributed by atoms with Crippen LogP contribution in [0.2, 0.25) is 0 Å². The third-order valence-electron chi connectivity index (χ3n) is 13.6. The first-order valence-corrected chi connectivity index (χ1v) is 25.9. The summed E-state index contributed by atoms with van der Waals surface area (Å²) >= 11 is 3.52. The fourth-order valence-corrected chi connectivity index (χ4v) is 9.71. The van der Waals surface area contributed by atoms with Crippen LogP contribution in [0, 0.1) is 46.8 Å². The van der Waals surface area contributed by atoms with Crippen molar-refractivity contribution in [3.05, 3.63) is 70.3 Å². The monoisotopic (exact) mass is 1080 g/mol. The maximum atomic E-state index is 15.2. The molecule has 1 aliphatic rings. The molecule has 7 atom stereocenters. The number of aliphatic carboxylic acids is 1. The van der Waals surface area contributed by atoms with Crippen molar-refractivity contribution in [2.24, 2.45) is 41.2 Å². The zero-order chi connectivity index (χ0) is 52.9. The Hall–Kier alpha value is -5.11. The van der Waals surface area contributed by atoms with Gasteiger partial charge in [0.2, 0.25) is 17.7 Å². The number of carbonyl (C=O) groups excluding carboxylic acids is 6. The van der Waals surface area contributed by atoms with Gasteiger partial charge in [-0.25, -0.2) is 9.59 Å². The van der Waals surface area contributed by atoms with E-state index in [1.165, 1.54) is 23.8 Å². The van der Waals surface area contributed by atoms with Crippen LogP contribution in [0.4, 0.5) is 0 Å². The van der Waals surface area contributed by atoms with E-state index in [1.807, 2.05) is 102 Å². The normalized spacial score (nSPS) is 15.4. The Morgan fingerprint density at radius 2 is 1.31 bits per heavy atom. The highest BCUT2D eigenvalue weighted by atomic mass is 79.9. The molecule has 0 bridgehead atoms. The number of rotatable bonds is 29. The zero-order valence-corrected chi connectivity index (χ0v) is 46.2. The first-order valence-electron chi connectivity index (χ1n) is 25.2. The Bertz CT molecular complexity index is 2380. The van der Waals surface area contributed by atoms with Crippen LogP contribution in [0.3, 0.4) is 0 Å². The minimum atomic E-state index is -1.58. The summed E-state index contributed by atoms with van der Waals surface area (Å²) in [6, 6.07) is 13.8. The van der Waals surface area contributed by atoms with Crippen molar-refractivity contribution in [2.45, 2.75) is 156 Å². The summed E-state index contributed by atoms with van der Waals surface area (Å²) in [6.45, 7) is 13.7. The number of nitriles is 1. The second kappa shape index (κ2) is 28.4. The largest absolute Gasteiger partial charge is 0.479 e. The second-order valence-electron chi connectivity index (χ2n) is 21.1. The van der Waals surface area contributed by atoms with E-state index in [9.17, 15) is 29.1 Å². The molecule has 396 valence electrons. The van der Waals surface area contributed by atoms with Crippen molar-refractivity contribution < 1.29 is 43.4 Å². The number of amides is 3. The minimum Gasteiger partial charge on any atom is -0.479 e. The Kier molecular flexibility index (Phi) is 24.1. The fraction of sp³-hybridized carbons (Fsp3) is 0.600. The molecule has 15 nitrogen and oxygen atoms in total. The van der Waals surface area contributed by atoms with Crippen LogP contribution < -0.4 is 5.73 Å². The van der Waals surface area contributed by atoms with E-state index in [1.54, 1.807) is 14.1 Å². The third kappa shape index (κ3) is 17.5. The van der Waals surface area contributed by atoms with E-state index in [-0.39, 0.29) is 80.4 Å². The molecular weight excluding hydrogens is 1000 g/mol. The van der Waals surface area contributed by atoms with E-state index in [4.69, 9.17) is 15.7 Å². The van der Waals surface area contributed by atoms with Crippen LogP contribution in [0.15, 0.2) is 59.2 Å². The van der Waals surface area contributed by atoms with Crippen molar-refractivity contribution in [2.75, 3.05) is 21.1 Å². The highest BCUT2D eigenvalue weighted by Gasteiger charge is 2.40. The number of carboxylic acid groups (broad SMARTS) is 1. The third-order valence-corrected chi connectivity index (χ3v) is 14.2. The van der Waals surface area contributed by atoms with Crippen LogP contribution in [0.25, 0.3) is 10.9 Å². The molecule has 1 heterocycles. The molecule has 0 spiro atoms. The van der Waals surface area contributed by atoms with E-state index >= 15 is 9.59 Å². The molecule has 3 amide bonds. The molecule has 1 aromatic heterocycles. The number of hydrogen-bond acceptors (Lipinski definition) is 10. The zero-order valence-electron chi connectivity index (χ0n) is 43.8. The van der Waals surface area contributed by atoms with E-state index < -0.39 is 71.6 Å². The van der Waals surface area contributed by atoms with Crippen molar-refractivity contribution in [3.63, 3.8) is 0 Å². The molecule has 0 aliphatic heterocycles. The van der Waals surface area contributed by atoms with Crippen LogP contribution in [0.1, 0.15) is 124 Å². The van der Waals surface area contributed by atoms with E-state index in [2.05, 4.69) is 20.5 Å². The molecule has 0 saturated heterocycles. The SMILES string of the molecule is CC(C)C[C@H](CC(=O)[C@H](Cc1cn(Cc2ccc(Br)cc2)c2ccccc12)N(C)C(=O)[C@@H](CC(=O)[C@H](CC(C)C)N(C)C(=O)[C@@H](N)CC1CC1)CC(C)C)C(=O)N(C)[C@@H](C)C(=O)O[C@H](CCC#N)C(=O)O.Cl. The summed E-state index contributed by atoms with van der Waals surface area (Å²) in [4.78, 5) is 102. The molecule has 1 fully saturated rings. The first-order chi connectivity index (χ1) is 33.4. The van der Waals surface area contributed by atoms with Crippen molar-refractivity contribution in [1.82, 2.24) is 19.3 Å². The molecule has 1 aliphatic carbocycles. The van der Waals surface area contributed by atoms with Gasteiger partial charge in [0.15, 0.2) is 17.7 Å². The number of likely N-dealkylation sites (N-methyl/N-ethyl adjacent to an activating group) is 3. The summed E-state index contributed by atoms with van der Waals surface area (Å²) in [5, 5.41) is 19.5. The van der Waals surface area contributed by atoms with Crippen molar-refractivity contribution in [1.29, 1.82) is 5.26 Å². The number of carboxylic acids is 1. The number of hydrogen-bond donors (Lipinski definition) is 2. The standard InChI is InChI=1S/C55H77BrN6O9.ClH/c1-33(2)24-39(51(65)59(8)36(7)55(70)71-50(54(68)69)16-13-23-57)29-49(64)47(28-41-32-62(45-15-12-11-14-43(41)45)31-38-19-21-42(56)22-20-38)60(9)52(66)40(25-34(3)4)30-48(63)46(26-35(5)6)61(10)53(67)44(58)27-37-17-18-37;/h11-12,14-15,19-22,32-37,39-40,44,46-47,50H,13,16-18,24-31,58H2,1-10H3,(H,68,69);1H/t36-,39+,40+,44-,46-,47-,50+;/m0./s1. The van der Waals surface area contributed by atoms with Gasteiger partial charge >= 0.3 is 11.9 Å². The van der Waals surface area contributed by atoms with Gasteiger partial charge in [0.25, 0.3) is 0 Å². The first kappa shape index (κ1) is 61.2. The van der Waals surface area contributed by atoms with Crippen LogP contribution in [-0.2, 0) is 51.3 Å². The van der Waals surface area contributed by atoms with E-state index in [0.717, 1.165) is 44.2 Å². The number of para-hydroxylation sites is 1. The molecule has 72 heavy (non-hydrogen) atoms. The lowest BCUT2D eigenvalue weighted by Gasteiger charge is -2.34. The Morgan fingerprint density at radius 1 is 0.778 bits per heavy atom. The van der Waals surface area contributed by atoms with Crippen molar-refractivity contribution >= 4 is 80.5 Å². The Labute approximate surface area is 441 Å². The number of aromatic nitrogens is 1. The lowest BCUT2D eigenvalue weighted by Crippen LogP contribution is -2.51. The number of nitrogens with zero attached hydrogens (tertiary/aromatic N) is 5. The average Bonchev–Trinajstić information content (AvgIpc) is 4.08. The number of nitrogens with two attached hydrogens (primary N) is 1. The number of esters is 1. The highest BCUT2D eigenvalue weighted by molar-refractivity contribution is 9.10. The molecule has 4 rings (SSSR count). The molecule has 0 unspecified atom stereocenters. The van der Waals surface area contributed by atoms with Gasteiger partial charge in [-0.05, 0) is 85.6 Å². The van der Waals surface area contributed by atoms with Crippen LogP contribution >= 0.6 is 28.3 Å². The number of ketones is 2. The van der Waals surface area contributed by atoms with Gasteiger partial charge in [0, 0.05) is 93.2 Å². The summed E-state index contributed by atoms with van der Waals surface area (Å²) in [5.74, 6) is -5.66. The quantitative estimate of drug-likeness (QED) is 0.0628. The molecule has 3 aromatic rings. The van der Waals surface area contributed by atoms with Gasteiger partial charge in [-0.3, -0.25) is 24.0 Å². The summed E-state index contributed by atoms with van der Waals surface area (Å²) in [7, 11) is 4.60. The molecule has 17 heteroatoms. The lowest BCUT2D eigenvalue weighted by molar-refractivity contribution is -0.169.